The molecule has 4 heterocycles. The van der Waals surface area contributed by atoms with Gasteiger partial charge in [0.1, 0.15) is 17.5 Å². The van der Waals surface area contributed by atoms with Gasteiger partial charge in [-0.1, -0.05) is 47.5 Å². The van der Waals surface area contributed by atoms with Crippen LogP contribution in [0.15, 0.2) is 73.1 Å². The quantitative estimate of drug-likeness (QED) is 0.168. The predicted octanol–water partition coefficient (Wildman–Crippen LogP) is 7.59. The number of pyridine rings is 2. The van der Waals surface area contributed by atoms with Gasteiger partial charge in [0.25, 0.3) is 0 Å². The average Bonchev–Trinajstić information content (AvgIpc) is 3.50. The number of fused-ring (bicyclic) bond motifs is 4. The molecule has 2 aliphatic carbocycles. The highest BCUT2D eigenvalue weighted by Gasteiger charge is 2.41. The molecule has 336 valence electrons. The summed E-state index contributed by atoms with van der Waals surface area (Å²) < 4.78 is 10.2. The molecule has 2 aliphatic heterocycles. The third-order valence-electron chi connectivity index (χ3n) is 11.2. The fourth-order valence-electron chi connectivity index (χ4n) is 8.25. The molecule has 4 aliphatic rings. The second-order valence-electron chi connectivity index (χ2n) is 16.2. The SMILES string of the molecule is CC(C)OC(=O)N1CCN(C2c3ccc(Cl)cc3CCc3cccnc32)C[C@@H]1C(=O)O.CC(C)OC(=O)N1CCNC[C@@H]1C(=O)O.Clc1ccc2c(c1)CCc1cccnc1C2Cl. The summed E-state index contributed by atoms with van der Waals surface area (Å²) >= 11 is 18.8. The molecular formula is C46H53Cl3N6O8. The number of benzene rings is 2. The number of ether oxygens (including phenoxy) is 2. The van der Waals surface area contributed by atoms with Gasteiger partial charge in [-0.25, -0.2) is 19.2 Å². The summed E-state index contributed by atoms with van der Waals surface area (Å²) in [5, 5.41) is 23.0. The Balaban J connectivity index is 0.000000174. The Morgan fingerprint density at radius 3 is 1.76 bits per heavy atom. The van der Waals surface area contributed by atoms with Crippen molar-refractivity contribution in [2.75, 3.05) is 39.3 Å². The Bertz CT molecular complexity index is 2280. The predicted molar refractivity (Wildman–Crippen MR) is 240 cm³/mol. The molecule has 2 unspecified atom stereocenters. The maximum absolute atomic E-state index is 12.5. The Hall–Kier alpha value is -4.99. The third kappa shape index (κ3) is 11.8. The van der Waals surface area contributed by atoms with E-state index in [0.29, 0.717) is 24.7 Å². The zero-order valence-electron chi connectivity index (χ0n) is 35.7. The largest absolute Gasteiger partial charge is 0.480 e. The van der Waals surface area contributed by atoms with Crippen LogP contribution >= 0.6 is 34.8 Å². The zero-order chi connectivity index (χ0) is 45.4. The zero-order valence-corrected chi connectivity index (χ0v) is 37.9. The van der Waals surface area contributed by atoms with Crippen LogP contribution in [0.25, 0.3) is 0 Å². The minimum Gasteiger partial charge on any atom is -0.480 e. The second kappa shape index (κ2) is 21.6. The number of alkyl halides is 1. The lowest BCUT2D eigenvalue weighted by Gasteiger charge is -2.42. The molecule has 4 atom stereocenters. The molecule has 2 aromatic heterocycles. The number of carboxylic acids is 2. The van der Waals surface area contributed by atoms with E-state index in [2.05, 4.69) is 27.3 Å². The van der Waals surface area contributed by atoms with Gasteiger partial charge in [0.15, 0.2) is 0 Å². The van der Waals surface area contributed by atoms with Crippen LogP contribution in [0.1, 0.15) is 83.9 Å². The first-order valence-electron chi connectivity index (χ1n) is 21.1. The number of carbonyl (C=O) groups is 4. The van der Waals surface area contributed by atoms with Gasteiger partial charge >= 0.3 is 24.1 Å². The van der Waals surface area contributed by atoms with Crippen LogP contribution in [0, 0.1) is 0 Å². The van der Waals surface area contributed by atoms with E-state index in [0.717, 1.165) is 64.3 Å². The van der Waals surface area contributed by atoms with Gasteiger partial charge in [0.2, 0.25) is 0 Å². The van der Waals surface area contributed by atoms with E-state index in [-0.39, 0.29) is 43.3 Å². The topological polar surface area (TPSA) is 175 Å². The minimum atomic E-state index is -1.04. The van der Waals surface area contributed by atoms with Crippen molar-refractivity contribution in [2.45, 2.75) is 89.1 Å². The molecule has 0 spiro atoms. The minimum absolute atomic E-state index is 0.166. The second-order valence-corrected chi connectivity index (χ2v) is 17.5. The molecule has 2 fully saturated rings. The number of carbonyl (C=O) groups excluding carboxylic acids is 2. The monoisotopic (exact) mass is 922 g/mol. The summed E-state index contributed by atoms with van der Waals surface area (Å²) in [7, 11) is 0. The summed E-state index contributed by atoms with van der Waals surface area (Å²) in [6.45, 7) is 9.16. The summed E-state index contributed by atoms with van der Waals surface area (Å²) in [6.07, 6.45) is 5.51. The number of hydrogen-bond donors (Lipinski definition) is 3. The normalized spacial score (nSPS) is 20.5. The molecule has 0 radical (unpaired) electrons. The van der Waals surface area contributed by atoms with Gasteiger partial charge in [-0.3, -0.25) is 24.7 Å². The molecule has 3 N–H and O–H groups in total. The molecule has 63 heavy (non-hydrogen) atoms. The molecule has 4 aromatic rings. The van der Waals surface area contributed by atoms with Gasteiger partial charge in [-0.15, -0.1) is 11.6 Å². The molecule has 14 nitrogen and oxygen atoms in total. The lowest BCUT2D eigenvalue weighted by molar-refractivity contribution is -0.145. The van der Waals surface area contributed by atoms with E-state index in [9.17, 15) is 24.3 Å². The van der Waals surface area contributed by atoms with E-state index >= 15 is 0 Å². The van der Waals surface area contributed by atoms with E-state index in [4.69, 9.17) is 54.4 Å². The van der Waals surface area contributed by atoms with Crippen LogP contribution in [0.4, 0.5) is 9.59 Å². The van der Waals surface area contributed by atoms with Crippen LogP contribution in [-0.2, 0) is 44.7 Å². The van der Waals surface area contributed by atoms with Gasteiger partial charge in [-0.05, 0) is 123 Å². The Morgan fingerprint density at radius 2 is 1.19 bits per heavy atom. The van der Waals surface area contributed by atoms with Gasteiger partial charge in [0, 0.05) is 61.7 Å². The molecule has 2 aromatic carbocycles. The molecule has 17 heteroatoms. The highest BCUT2D eigenvalue weighted by Crippen LogP contribution is 2.39. The number of hydrogen-bond acceptors (Lipinski definition) is 10. The van der Waals surface area contributed by atoms with Crippen molar-refractivity contribution in [1.29, 1.82) is 0 Å². The van der Waals surface area contributed by atoms with E-state index in [1.165, 1.54) is 20.9 Å². The highest BCUT2D eigenvalue weighted by atomic mass is 35.5. The smallest absolute Gasteiger partial charge is 0.410 e. The number of aromatic nitrogens is 2. The van der Waals surface area contributed by atoms with Crippen molar-refractivity contribution < 1.29 is 38.9 Å². The number of rotatable bonds is 5. The first kappa shape index (κ1) is 47.5. The molecule has 0 saturated carbocycles. The molecule has 2 amide bonds. The van der Waals surface area contributed by atoms with Crippen LogP contribution in [-0.4, -0.2) is 123 Å². The van der Waals surface area contributed by atoms with Crippen molar-refractivity contribution in [3.05, 3.63) is 128 Å². The van der Waals surface area contributed by atoms with E-state index in [1.807, 2.05) is 48.5 Å². The highest BCUT2D eigenvalue weighted by molar-refractivity contribution is 6.31. The number of piperazine rings is 2. The van der Waals surface area contributed by atoms with Gasteiger partial charge < -0.3 is 25.0 Å². The Labute approximate surface area is 382 Å². The Morgan fingerprint density at radius 1 is 0.683 bits per heavy atom. The number of nitrogens with one attached hydrogen (secondary N) is 1. The molecular weight excluding hydrogens is 871 g/mol. The van der Waals surface area contributed by atoms with Crippen molar-refractivity contribution in [3.63, 3.8) is 0 Å². The summed E-state index contributed by atoms with van der Waals surface area (Å²) in [6, 6.07) is 17.8. The number of aryl methyl sites for hydroxylation is 4. The number of amides is 2. The van der Waals surface area contributed by atoms with Crippen molar-refractivity contribution in [1.82, 2.24) is 30.0 Å². The maximum atomic E-state index is 12.5. The van der Waals surface area contributed by atoms with Gasteiger partial charge in [-0.2, -0.15) is 0 Å². The lowest BCUT2D eigenvalue weighted by atomic mass is 9.95. The fraction of sp³-hybridized carbons (Fsp3) is 0.435. The maximum Gasteiger partial charge on any atom is 0.410 e. The van der Waals surface area contributed by atoms with Crippen LogP contribution in [0.5, 0.6) is 0 Å². The van der Waals surface area contributed by atoms with Crippen molar-refractivity contribution >= 4 is 58.9 Å². The summed E-state index contributed by atoms with van der Waals surface area (Å²) in [5.41, 5.74) is 8.89. The van der Waals surface area contributed by atoms with Gasteiger partial charge in [0.05, 0.1) is 29.6 Å². The molecule has 0 bridgehead atoms. The average molecular weight is 924 g/mol. The number of aliphatic carboxylic acids is 2. The lowest BCUT2D eigenvalue weighted by Crippen LogP contribution is -2.59. The first-order chi connectivity index (χ1) is 30.1. The van der Waals surface area contributed by atoms with Crippen LogP contribution < -0.4 is 5.32 Å². The van der Waals surface area contributed by atoms with Crippen LogP contribution in [0.2, 0.25) is 10.0 Å². The standard InChI is InChI=1S/C23H26ClN3O4.C14H11Cl2N.C9H16N2O4/c1-14(2)31-23(30)27-11-10-26(13-19(27)22(28)29)21-18-8-7-17(24)12-16(18)6-5-15-4-3-9-25-20(15)21;15-11-5-6-12-10(8-11)4-3-9-2-1-7-17-14(9)13(12)16;1-6(2)15-9(14)11-4-3-10-5-7(11)8(12)13/h3-4,7-9,12,14,19,21H,5-6,10-11,13H2,1-2H3,(H,28,29);1-2,5-8,13H,3-4H2;6-7,10H,3-5H2,1-2H3,(H,12,13)/t19-,21?;;7-/m1.1/s1. The number of halogens is 3. The van der Waals surface area contributed by atoms with Crippen molar-refractivity contribution in [2.24, 2.45) is 0 Å². The first-order valence-corrected chi connectivity index (χ1v) is 22.2. The Kier molecular flexibility index (Phi) is 16.3. The summed E-state index contributed by atoms with van der Waals surface area (Å²) in [4.78, 5) is 60.8. The van der Waals surface area contributed by atoms with E-state index in [1.54, 1.807) is 40.1 Å². The molecule has 8 rings (SSSR count). The molecule has 2 saturated heterocycles. The fourth-order valence-corrected chi connectivity index (χ4v) is 9.05. The third-order valence-corrected chi connectivity index (χ3v) is 12.1. The summed E-state index contributed by atoms with van der Waals surface area (Å²) in [5.74, 6) is -2.06. The van der Waals surface area contributed by atoms with Crippen LogP contribution in [0.3, 0.4) is 0 Å². The van der Waals surface area contributed by atoms with E-state index < -0.39 is 36.2 Å². The number of nitrogens with zero attached hydrogens (tertiary/aromatic N) is 5. The number of carboxylic acid groups (broad SMARTS) is 2. The van der Waals surface area contributed by atoms with Crippen molar-refractivity contribution in [3.8, 4) is 0 Å².